The van der Waals surface area contributed by atoms with Crippen LogP contribution in [0.2, 0.25) is 10.0 Å². The number of alkyl halides is 4. The van der Waals surface area contributed by atoms with Crippen LogP contribution < -0.4 is 5.32 Å². The minimum atomic E-state index is -3.09. The molecule has 1 N–H and O–H groups in total. The summed E-state index contributed by atoms with van der Waals surface area (Å²) < 4.78 is 54.6. The summed E-state index contributed by atoms with van der Waals surface area (Å²) in [6.07, 6.45) is -4.54. The quantitative estimate of drug-likeness (QED) is 0.369. The fourth-order valence-corrected chi connectivity index (χ4v) is 3.24. The third-order valence-electron chi connectivity index (χ3n) is 4.37. The second-order valence-corrected chi connectivity index (χ2v) is 7.42. The lowest BCUT2D eigenvalue weighted by Crippen LogP contribution is -2.14. The van der Waals surface area contributed by atoms with Gasteiger partial charge in [-0.3, -0.25) is 9.48 Å². The molecule has 0 radical (unpaired) electrons. The van der Waals surface area contributed by atoms with Crippen LogP contribution in [-0.2, 0) is 6.54 Å². The number of carbonyl (C=O) groups excluding carboxylic acids is 1. The van der Waals surface area contributed by atoms with E-state index in [0.29, 0.717) is 27.2 Å². The number of nitrogens with zero attached hydrogens (tertiary/aromatic N) is 5. The van der Waals surface area contributed by atoms with Crippen molar-refractivity contribution in [3.63, 3.8) is 0 Å². The molecule has 3 aromatic heterocycles. The normalized spacial score (nSPS) is 11.6. The van der Waals surface area contributed by atoms with Gasteiger partial charge in [0.05, 0.1) is 16.6 Å². The average molecular weight is 487 g/mol. The van der Waals surface area contributed by atoms with Gasteiger partial charge in [-0.15, -0.1) is 0 Å². The molecule has 0 unspecified atom stereocenters. The number of hydrogen-bond acceptors (Lipinski definition) is 4. The Morgan fingerprint density at radius 3 is 2.47 bits per heavy atom. The van der Waals surface area contributed by atoms with Crippen LogP contribution in [0.1, 0.15) is 40.3 Å². The Kier molecular flexibility index (Phi) is 6.02. The van der Waals surface area contributed by atoms with Crippen LogP contribution in [0.3, 0.4) is 0 Å². The van der Waals surface area contributed by atoms with Crippen LogP contribution in [0.5, 0.6) is 0 Å². The number of fused-ring (bicyclic) bond motifs is 1. The molecule has 0 saturated carbocycles. The molecule has 0 aliphatic heterocycles. The zero-order valence-corrected chi connectivity index (χ0v) is 17.3. The highest BCUT2D eigenvalue weighted by Crippen LogP contribution is 2.26. The zero-order valence-electron chi connectivity index (χ0n) is 15.8. The van der Waals surface area contributed by atoms with Crippen molar-refractivity contribution in [2.45, 2.75) is 19.4 Å². The van der Waals surface area contributed by atoms with E-state index in [-0.39, 0.29) is 17.2 Å². The van der Waals surface area contributed by atoms with Crippen LogP contribution in [0.25, 0.3) is 5.65 Å². The number of hydrogen-bond donors (Lipinski definition) is 1. The van der Waals surface area contributed by atoms with Crippen molar-refractivity contribution >= 4 is 40.6 Å². The number of benzene rings is 1. The fourth-order valence-electron chi connectivity index (χ4n) is 2.92. The van der Waals surface area contributed by atoms with E-state index in [9.17, 15) is 22.4 Å². The Bertz CT molecular complexity index is 1310. The van der Waals surface area contributed by atoms with Gasteiger partial charge in [-0.1, -0.05) is 29.3 Å². The summed E-state index contributed by atoms with van der Waals surface area (Å²) in [5.74, 6) is -0.600. The fraction of sp³-hybridized carbons (Fsp3) is 0.158. The molecule has 0 bridgehead atoms. The van der Waals surface area contributed by atoms with Crippen LogP contribution in [0.4, 0.5) is 23.4 Å². The molecular weight excluding hydrogens is 475 g/mol. The van der Waals surface area contributed by atoms with E-state index < -0.39 is 30.1 Å². The molecule has 0 saturated heterocycles. The topological polar surface area (TPSA) is 77.1 Å². The lowest BCUT2D eigenvalue weighted by molar-refractivity contribution is 0.102. The van der Waals surface area contributed by atoms with E-state index in [1.165, 1.54) is 10.7 Å². The number of nitrogens with one attached hydrogen (secondary N) is 1. The molecule has 1 amide bonds. The smallest absolute Gasteiger partial charge is 0.280 e. The van der Waals surface area contributed by atoms with Gasteiger partial charge in [0.25, 0.3) is 18.8 Å². The van der Waals surface area contributed by atoms with Crippen molar-refractivity contribution in [1.82, 2.24) is 24.4 Å². The van der Waals surface area contributed by atoms with Gasteiger partial charge in [0.15, 0.2) is 17.2 Å². The third-order valence-corrected chi connectivity index (χ3v) is 5.10. The van der Waals surface area contributed by atoms with Crippen molar-refractivity contribution in [1.29, 1.82) is 0 Å². The predicted octanol–water partition coefficient (Wildman–Crippen LogP) is 5.41. The molecule has 0 fully saturated rings. The first kappa shape index (κ1) is 22.0. The number of aromatic nitrogens is 5. The first-order valence-electron chi connectivity index (χ1n) is 8.97. The molecule has 4 aromatic rings. The van der Waals surface area contributed by atoms with Gasteiger partial charge in [0, 0.05) is 18.3 Å². The SMILES string of the molecule is O=C(Nc1ccn(Cc2ccc(Cl)c(Cl)c2)n1)c1cc2nc(C(F)F)cc(C(F)F)n2n1. The van der Waals surface area contributed by atoms with Gasteiger partial charge in [-0.2, -0.15) is 10.2 Å². The summed E-state index contributed by atoms with van der Waals surface area (Å²) >= 11 is 11.9. The van der Waals surface area contributed by atoms with E-state index in [2.05, 4.69) is 20.5 Å². The molecular formula is C19H12Cl2F4N6O. The molecule has 166 valence electrons. The molecule has 0 aliphatic carbocycles. The van der Waals surface area contributed by atoms with Gasteiger partial charge in [0.1, 0.15) is 11.4 Å². The van der Waals surface area contributed by atoms with Crippen molar-refractivity contribution in [3.05, 3.63) is 75.3 Å². The van der Waals surface area contributed by atoms with Gasteiger partial charge >= 0.3 is 0 Å². The lowest BCUT2D eigenvalue weighted by Gasteiger charge is -2.06. The Hall–Kier alpha value is -3.18. The maximum absolute atomic E-state index is 13.3. The summed E-state index contributed by atoms with van der Waals surface area (Å²) in [4.78, 5) is 16.1. The Labute approximate surface area is 187 Å². The minimum Gasteiger partial charge on any atom is -0.304 e. The van der Waals surface area contributed by atoms with Crippen molar-refractivity contribution in [3.8, 4) is 0 Å². The van der Waals surface area contributed by atoms with E-state index in [0.717, 1.165) is 11.6 Å². The number of anilines is 1. The monoisotopic (exact) mass is 486 g/mol. The van der Waals surface area contributed by atoms with Crippen LogP contribution in [-0.4, -0.2) is 30.3 Å². The largest absolute Gasteiger partial charge is 0.304 e. The number of amides is 1. The Morgan fingerprint density at radius 2 is 1.78 bits per heavy atom. The van der Waals surface area contributed by atoms with Crippen LogP contribution >= 0.6 is 23.2 Å². The van der Waals surface area contributed by atoms with Crippen molar-refractivity contribution in [2.24, 2.45) is 0 Å². The molecule has 3 heterocycles. The second-order valence-electron chi connectivity index (χ2n) is 6.61. The standard InChI is InChI=1S/C19H12Cl2F4N6O/c20-10-2-1-9(5-11(10)21)8-30-4-3-15(29-30)27-19(32)13-7-16-26-12(17(22)23)6-14(18(24)25)31(16)28-13/h1-7,17-18H,8H2,(H,27,29,32). The van der Waals surface area contributed by atoms with E-state index in [1.54, 1.807) is 24.4 Å². The minimum absolute atomic E-state index is 0.169. The number of carbonyl (C=O) groups is 1. The van der Waals surface area contributed by atoms with Gasteiger partial charge in [-0.25, -0.2) is 27.1 Å². The van der Waals surface area contributed by atoms with Crippen molar-refractivity contribution in [2.75, 3.05) is 5.32 Å². The lowest BCUT2D eigenvalue weighted by atomic mass is 10.2. The summed E-state index contributed by atoms with van der Waals surface area (Å²) in [6, 6.07) is 8.22. The van der Waals surface area contributed by atoms with Crippen molar-refractivity contribution < 1.29 is 22.4 Å². The highest BCUT2D eigenvalue weighted by Gasteiger charge is 2.22. The Morgan fingerprint density at radius 1 is 1.00 bits per heavy atom. The highest BCUT2D eigenvalue weighted by molar-refractivity contribution is 6.42. The third kappa shape index (κ3) is 4.53. The van der Waals surface area contributed by atoms with Crippen LogP contribution in [0.15, 0.2) is 42.6 Å². The molecule has 0 spiro atoms. The van der Waals surface area contributed by atoms with Gasteiger partial charge in [0.2, 0.25) is 0 Å². The maximum atomic E-state index is 13.3. The molecule has 4 rings (SSSR count). The van der Waals surface area contributed by atoms with Crippen LogP contribution in [0, 0.1) is 0 Å². The summed E-state index contributed by atoms with van der Waals surface area (Å²) in [6.45, 7) is 0.346. The molecule has 0 atom stereocenters. The molecule has 32 heavy (non-hydrogen) atoms. The van der Waals surface area contributed by atoms with Gasteiger partial charge < -0.3 is 5.32 Å². The molecule has 7 nitrogen and oxygen atoms in total. The number of rotatable bonds is 6. The first-order valence-corrected chi connectivity index (χ1v) is 9.72. The molecule has 0 aliphatic rings. The molecule has 13 heteroatoms. The predicted molar refractivity (Wildman–Crippen MR) is 109 cm³/mol. The second kappa shape index (κ2) is 8.75. The first-order chi connectivity index (χ1) is 15.2. The number of halogens is 6. The van der Waals surface area contributed by atoms with E-state index in [1.807, 2.05) is 0 Å². The zero-order chi connectivity index (χ0) is 23.0. The molecule has 1 aromatic carbocycles. The van der Waals surface area contributed by atoms with E-state index in [4.69, 9.17) is 23.2 Å². The summed E-state index contributed by atoms with van der Waals surface area (Å²) in [5.41, 5.74) is -1.39. The summed E-state index contributed by atoms with van der Waals surface area (Å²) in [5, 5.41) is 11.3. The highest BCUT2D eigenvalue weighted by atomic mass is 35.5. The van der Waals surface area contributed by atoms with E-state index >= 15 is 0 Å². The van der Waals surface area contributed by atoms with Gasteiger partial charge in [-0.05, 0) is 23.8 Å². The average Bonchev–Trinajstić information content (AvgIpc) is 3.36. The maximum Gasteiger partial charge on any atom is 0.280 e. The summed E-state index contributed by atoms with van der Waals surface area (Å²) in [7, 11) is 0. The Balaban J connectivity index is 1.54.